The molecule has 0 saturated carbocycles. The highest BCUT2D eigenvalue weighted by molar-refractivity contribution is 4.75. The Bertz CT molecular complexity index is 104. The van der Waals surface area contributed by atoms with Crippen LogP contribution in [0.4, 0.5) is 0 Å². The van der Waals surface area contributed by atoms with Crippen molar-refractivity contribution in [3.05, 3.63) is 0 Å². The summed E-state index contributed by atoms with van der Waals surface area (Å²) in [5.41, 5.74) is 4.56. The molecule has 0 aromatic heterocycles. The van der Waals surface area contributed by atoms with Gasteiger partial charge < -0.3 is 15.6 Å². The van der Waals surface area contributed by atoms with Crippen molar-refractivity contribution in [1.82, 2.24) is 0 Å². The summed E-state index contributed by atoms with van der Waals surface area (Å²) in [6.45, 7) is 6.57. The SMILES string of the molecule is CCOC(C)CC(C)(O)CN. The van der Waals surface area contributed by atoms with Crippen LogP contribution in [0, 0.1) is 0 Å². The molecule has 2 unspecified atom stereocenters. The number of hydrogen-bond acceptors (Lipinski definition) is 3. The van der Waals surface area contributed by atoms with E-state index in [-0.39, 0.29) is 12.6 Å². The molecule has 11 heavy (non-hydrogen) atoms. The van der Waals surface area contributed by atoms with Gasteiger partial charge in [0.1, 0.15) is 0 Å². The fourth-order valence-corrected chi connectivity index (χ4v) is 1.05. The minimum atomic E-state index is -0.783. The third-order valence-corrected chi connectivity index (χ3v) is 1.62. The molecule has 0 bridgehead atoms. The molecule has 0 fully saturated rings. The van der Waals surface area contributed by atoms with E-state index in [1.807, 2.05) is 13.8 Å². The van der Waals surface area contributed by atoms with E-state index in [0.717, 1.165) is 0 Å². The summed E-state index contributed by atoms with van der Waals surface area (Å²) >= 11 is 0. The third-order valence-electron chi connectivity index (χ3n) is 1.62. The van der Waals surface area contributed by atoms with Crippen molar-refractivity contribution in [2.24, 2.45) is 5.73 Å². The minimum absolute atomic E-state index is 0.0820. The maximum Gasteiger partial charge on any atom is 0.0765 e. The van der Waals surface area contributed by atoms with Crippen LogP contribution in [0.15, 0.2) is 0 Å². The summed E-state index contributed by atoms with van der Waals surface area (Å²) in [7, 11) is 0. The van der Waals surface area contributed by atoms with Crippen molar-refractivity contribution in [3.63, 3.8) is 0 Å². The first-order chi connectivity index (χ1) is 5.02. The van der Waals surface area contributed by atoms with Crippen LogP contribution >= 0.6 is 0 Å². The molecule has 0 spiro atoms. The van der Waals surface area contributed by atoms with E-state index in [0.29, 0.717) is 13.0 Å². The highest BCUT2D eigenvalue weighted by atomic mass is 16.5. The van der Waals surface area contributed by atoms with Crippen LogP contribution in [0.3, 0.4) is 0 Å². The van der Waals surface area contributed by atoms with Crippen molar-refractivity contribution in [1.29, 1.82) is 0 Å². The quantitative estimate of drug-likeness (QED) is 0.617. The summed E-state index contributed by atoms with van der Waals surface area (Å²) < 4.78 is 5.26. The molecule has 68 valence electrons. The molecule has 0 radical (unpaired) electrons. The molecule has 2 atom stereocenters. The Morgan fingerprint density at radius 3 is 2.55 bits per heavy atom. The van der Waals surface area contributed by atoms with Crippen LogP contribution in [0.5, 0.6) is 0 Å². The summed E-state index contributed by atoms with van der Waals surface area (Å²) in [5.74, 6) is 0. The Balaban J connectivity index is 3.64. The first-order valence-corrected chi connectivity index (χ1v) is 4.06. The van der Waals surface area contributed by atoms with Crippen molar-refractivity contribution >= 4 is 0 Å². The van der Waals surface area contributed by atoms with Crippen molar-refractivity contribution < 1.29 is 9.84 Å². The third kappa shape index (κ3) is 5.18. The largest absolute Gasteiger partial charge is 0.389 e. The predicted molar refractivity (Wildman–Crippen MR) is 45.4 cm³/mol. The molecule has 0 heterocycles. The van der Waals surface area contributed by atoms with Gasteiger partial charge in [-0.3, -0.25) is 0 Å². The van der Waals surface area contributed by atoms with Gasteiger partial charge in [-0.15, -0.1) is 0 Å². The zero-order valence-electron chi connectivity index (χ0n) is 7.63. The van der Waals surface area contributed by atoms with Crippen LogP contribution in [-0.4, -0.2) is 30.0 Å². The second kappa shape index (κ2) is 4.70. The van der Waals surface area contributed by atoms with Crippen LogP contribution < -0.4 is 5.73 Å². The molecule has 0 aromatic rings. The lowest BCUT2D eigenvalue weighted by Crippen LogP contribution is -2.37. The molecule has 0 amide bonds. The average Bonchev–Trinajstić information content (AvgIpc) is 1.87. The summed E-state index contributed by atoms with van der Waals surface area (Å²) in [5, 5.41) is 9.52. The average molecular weight is 161 g/mol. The molecule has 0 aliphatic carbocycles. The molecule has 0 aliphatic heterocycles. The zero-order valence-corrected chi connectivity index (χ0v) is 7.63. The van der Waals surface area contributed by atoms with Crippen molar-refractivity contribution in [2.75, 3.05) is 13.2 Å². The van der Waals surface area contributed by atoms with E-state index in [2.05, 4.69) is 0 Å². The topological polar surface area (TPSA) is 55.5 Å². The van der Waals surface area contributed by atoms with E-state index in [9.17, 15) is 5.11 Å². The molecular weight excluding hydrogens is 142 g/mol. The monoisotopic (exact) mass is 161 g/mol. The van der Waals surface area contributed by atoms with Gasteiger partial charge in [0.25, 0.3) is 0 Å². The van der Waals surface area contributed by atoms with Gasteiger partial charge in [-0.05, 0) is 20.8 Å². The summed E-state index contributed by atoms with van der Waals surface area (Å²) in [6.07, 6.45) is 0.677. The van der Waals surface area contributed by atoms with Gasteiger partial charge >= 0.3 is 0 Å². The van der Waals surface area contributed by atoms with Crippen molar-refractivity contribution in [2.45, 2.75) is 38.9 Å². The van der Waals surface area contributed by atoms with Gasteiger partial charge in [0.15, 0.2) is 0 Å². The maximum absolute atomic E-state index is 9.52. The Morgan fingerprint density at radius 2 is 2.18 bits per heavy atom. The minimum Gasteiger partial charge on any atom is -0.389 e. The lowest BCUT2D eigenvalue weighted by molar-refractivity contribution is -0.0136. The zero-order chi connectivity index (χ0) is 8.91. The number of ether oxygens (including phenoxy) is 1. The van der Waals surface area contributed by atoms with Crippen LogP contribution in [0.1, 0.15) is 27.2 Å². The van der Waals surface area contributed by atoms with E-state index in [1.165, 1.54) is 0 Å². The Hall–Kier alpha value is -0.120. The van der Waals surface area contributed by atoms with E-state index in [4.69, 9.17) is 10.5 Å². The van der Waals surface area contributed by atoms with Gasteiger partial charge in [0.05, 0.1) is 11.7 Å². The molecular formula is C8H19NO2. The first-order valence-electron chi connectivity index (χ1n) is 4.06. The second-order valence-corrected chi connectivity index (χ2v) is 3.17. The second-order valence-electron chi connectivity index (χ2n) is 3.17. The van der Waals surface area contributed by atoms with Gasteiger partial charge in [0, 0.05) is 19.6 Å². The normalized spacial score (nSPS) is 19.4. The molecule has 3 nitrogen and oxygen atoms in total. The standard InChI is InChI=1S/C8H19NO2/c1-4-11-7(2)5-8(3,10)6-9/h7,10H,4-6,9H2,1-3H3. The Labute approximate surface area is 68.5 Å². The van der Waals surface area contributed by atoms with E-state index in [1.54, 1.807) is 6.92 Å². The number of nitrogens with two attached hydrogens (primary N) is 1. The van der Waals surface area contributed by atoms with Crippen LogP contribution in [-0.2, 0) is 4.74 Å². The predicted octanol–water partition coefficient (Wildman–Crippen LogP) is 0.511. The van der Waals surface area contributed by atoms with Gasteiger partial charge in [-0.25, -0.2) is 0 Å². The summed E-state index contributed by atoms with van der Waals surface area (Å²) in [4.78, 5) is 0. The number of aliphatic hydroxyl groups is 1. The van der Waals surface area contributed by atoms with Gasteiger partial charge in [-0.2, -0.15) is 0 Å². The smallest absolute Gasteiger partial charge is 0.0765 e. The lowest BCUT2D eigenvalue weighted by atomic mass is 10.00. The van der Waals surface area contributed by atoms with E-state index < -0.39 is 5.60 Å². The highest BCUT2D eigenvalue weighted by Gasteiger charge is 2.21. The lowest BCUT2D eigenvalue weighted by Gasteiger charge is -2.24. The van der Waals surface area contributed by atoms with Crippen LogP contribution in [0.25, 0.3) is 0 Å². The van der Waals surface area contributed by atoms with E-state index >= 15 is 0 Å². The molecule has 0 saturated heterocycles. The fraction of sp³-hybridized carbons (Fsp3) is 1.00. The Kier molecular flexibility index (Phi) is 4.65. The van der Waals surface area contributed by atoms with Gasteiger partial charge in [-0.1, -0.05) is 0 Å². The van der Waals surface area contributed by atoms with Crippen molar-refractivity contribution in [3.8, 4) is 0 Å². The molecule has 3 N–H and O–H groups in total. The highest BCUT2D eigenvalue weighted by Crippen LogP contribution is 2.12. The molecule has 0 aromatic carbocycles. The maximum atomic E-state index is 9.52. The fourth-order valence-electron chi connectivity index (χ4n) is 1.05. The molecule has 3 heteroatoms. The Morgan fingerprint density at radius 1 is 1.64 bits per heavy atom. The first kappa shape index (κ1) is 10.9. The van der Waals surface area contributed by atoms with Gasteiger partial charge in [0.2, 0.25) is 0 Å². The molecule has 0 aliphatic rings. The number of hydrogen-bond donors (Lipinski definition) is 2. The number of rotatable bonds is 5. The molecule has 0 rings (SSSR count). The van der Waals surface area contributed by atoms with Crippen LogP contribution in [0.2, 0.25) is 0 Å². The summed E-state index contributed by atoms with van der Waals surface area (Å²) in [6, 6.07) is 0.